The van der Waals surface area contributed by atoms with Crippen LogP contribution in [0.15, 0.2) is 52.0 Å². The quantitative estimate of drug-likeness (QED) is 0.508. The molecule has 0 saturated carbocycles. The smallest absolute Gasteiger partial charge is 0.244 e. The highest BCUT2D eigenvalue weighted by atomic mass is 79.9. The Kier molecular flexibility index (Phi) is 6.50. The Balaban J connectivity index is 1.67. The van der Waals surface area contributed by atoms with E-state index in [1.165, 1.54) is 22.5 Å². The zero-order valence-corrected chi connectivity index (χ0v) is 19.5. The van der Waals surface area contributed by atoms with Gasteiger partial charge in [-0.05, 0) is 65.5 Å². The maximum atomic E-state index is 13.9. The van der Waals surface area contributed by atoms with E-state index in [4.69, 9.17) is 11.6 Å². The van der Waals surface area contributed by atoms with Gasteiger partial charge in [0.15, 0.2) is 0 Å². The highest BCUT2D eigenvalue weighted by Gasteiger charge is 2.29. The number of sulfonamides is 1. The van der Waals surface area contributed by atoms with Crippen LogP contribution in [0.3, 0.4) is 0 Å². The predicted octanol–water partition coefficient (Wildman–Crippen LogP) is 4.83. The number of nitrogens with one attached hydrogen (secondary N) is 1. The summed E-state index contributed by atoms with van der Waals surface area (Å²) >= 11 is 9.39. The largest absolute Gasteiger partial charge is 0.393 e. The number of halogens is 3. The molecule has 1 aromatic heterocycles. The first-order valence-corrected chi connectivity index (χ1v) is 12.4. The summed E-state index contributed by atoms with van der Waals surface area (Å²) in [5.74, 6) is 0.0498. The van der Waals surface area contributed by atoms with Crippen LogP contribution in [0.1, 0.15) is 19.3 Å². The molecule has 1 fully saturated rings. The summed E-state index contributed by atoms with van der Waals surface area (Å²) in [7, 11) is -3.83. The maximum absolute atomic E-state index is 13.9. The number of H-pyrrole nitrogens is 1. The minimum absolute atomic E-state index is 0.00399. The Morgan fingerprint density at radius 1 is 1.16 bits per heavy atom. The summed E-state index contributed by atoms with van der Waals surface area (Å²) in [5.41, 5.74) is 1.76. The molecule has 2 heterocycles. The third-order valence-corrected chi connectivity index (χ3v) is 8.31. The summed E-state index contributed by atoms with van der Waals surface area (Å²) < 4.78 is 42.1. The van der Waals surface area contributed by atoms with Crippen molar-refractivity contribution < 1.29 is 17.9 Å². The molecule has 0 bridgehead atoms. The molecule has 0 aliphatic carbocycles. The number of benzene rings is 2. The normalized spacial score (nSPS) is 18.1. The standard InChI is InChI=1S/C21H20BrClFN3O3S/c22-16-5-3-13(10-18(16)24)19-12-25-21(26-19)14-4-6-17(23)20(11-14)31(29,30)27-8-1-2-15(28)7-9-27/h3-6,10-12,15,28H,1-2,7-9H2,(H,25,26)/t15-/m0/s1. The number of nitrogens with zero attached hydrogens (tertiary/aromatic N) is 2. The van der Waals surface area contributed by atoms with Gasteiger partial charge in [-0.25, -0.2) is 17.8 Å². The van der Waals surface area contributed by atoms with E-state index < -0.39 is 21.9 Å². The van der Waals surface area contributed by atoms with Crippen molar-refractivity contribution in [3.05, 3.63) is 57.9 Å². The molecule has 6 nitrogen and oxygen atoms in total. The molecule has 2 N–H and O–H groups in total. The highest BCUT2D eigenvalue weighted by molar-refractivity contribution is 9.10. The summed E-state index contributed by atoms with van der Waals surface area (Å²) in [6, 6.07) is 9.43. The van der Waals surface area contributed by atoms with Crippen molar-refractivity contribution in [1.82, 2.24) is 14.3 Å². The Hall–Kier alpha value is -1.78. The molecule has 0 unspecified atom stereocenters. The zero-order chi connectivity index (χ0) is 22.2. The van der Waals surface area contributed by atoms with Crippen LogP contribution < -0.4 is 0 Å². The Morgan fingerprint density at radius 3 is 2.71 bits per heavy atom. The van der Waals surface area contributed by atoms with Crippen molar-refractivity contribution in [2.75, 3.05) is 13.1 Å². The molecule has 31 heavy (non-hydrogen) atoms. The monoisotopic (exact) mass is 527 g/mol. The number of aromatic amines is 1. The maximum Gasteiger partial charge on any atom is 0.244 e. The van der Waals surface area contributed by atoms with Gasteiger partial charge in [0.05, 0.1) is 27.5 Å². The fraction of sp³-hybridized carbons (Fsp3) is 0.286. The zero-order valence-electron chi connectivity index (χ0n) is 16.4. The van der Waals surface area contributed by atoms with Gasteiger partial charge in [-0.2, -0.15) is 4.31 Å². The fourth-order valence-corrected chi connectivity index (χ4v) is 5.80. The summed E-state index contributed by atoms with van der Waals surface area (Å²) in [6.45, 7) is 0.573. The number of hydrogen-bond acceptors (Lipinski definition) is 4. The Morgan fingerprint density at radius 2 is 1.94 bits per heavy atom. The molecule has 2 aromatic carbocycles. The lowest BCUT2D eigenvalue weighted by molar-refractivity contribution is 0.159. The van der Waals surface area contributed by atoms with Crippen LogP contribution in [0.5, 0.6) is 0 Å². The first-order valence-electron chi connectivity index (χ1n) is 9.74. The van der Waals surface area contributed by atoms with E-state index in [0.717, 1.165) is 0 Å². The summed E-state index contributed by atoms with van der Waals surface area (Å²) in [6.07, 6.45) is 2.62. The SMILES string of the molecule is O=S(=O)(c1cc(-c2ncc(-c3ccc(Br)c(F)c3)[nH]2)ccc1Cl)N1CCC[C@H](O)CC1. The van der Waals surface area contributed by atoms with Crippen LogP contribution in [0.2, 0.25) is 5.02 Å². The van der Waals surface area contributed by atoms with Gasteiger partial charge < -0.3 is 10.1 Å². The second-order valence-corrected chi connectivity index (χ2v) is 10.6. The van der Waals surface area contributed by atoms with Gasteiger partial charge in [-0.15, -0.1) is 0 Å². The minimum Gasteiger partial charge on any atom is -0.393 e. The fourth-order valence-electron chi connectivity index (χ4n) is 3.56. The lowest BCUT2D eigenvalue weighted by Crippen LogP contribution is -2.32. The van der Waals surface area contributed by atoms with Gasteiger partial charge in [-0.3, -0.25) is 0 Å². The van der Waals surface area contributed by atoms with Crippen molar-refractivity contribution in [3.63, 3.8) is 0 Å². The molecule has 3 aromatic rings. The molecule has 0 spiro atoms. The lowest BCUT2D eigenvalue weighted by Gasteiger charge is -2.21. The molecule has 164 valence electrons. The van der Waals surface area contributed by atoms with Crippen LogP contribution in [0.4, 0.5) is 4.39 Å². The number of imidazole rings is 1. The Bertz CT molecular complexity index is 1220. The van der Waals surface area contributed by atoms with Gasteiger partial charge in [-0.1, -0.05) is 17.7 Å². The van der Waals surface area contributed by atoms with Crippen molar-refractivity contribution in [2.24, 2.45) is 0 Å². The number of aromatic nitrogens is 2. The van der Waals surface area contributed by atoms with E-state index >= 15 is 0 Å². The van der Waals surface area contributed by atoms with Crippen LogP contribution in [0.25, 0.3) is 22.6 Å². The molecule has 10 heteroatoms. The molecular weight excluding hydrogens is 509 g/mol. The molecule has 4 rings (SSSR count). The van der Waals surface area contributed by atoms with Crippen molar-refractivity contribution >= 4 is 37.6 Å². The van der Waals surface area contributed by atoms with Gasteiger partial charge in [0.2, 0.25) is 10.0 Å². The number of aliphatic hydroxyl groups is 1. The topological polar surface area (TPSA) is 86.3 Å². The average molecular weight is 529 g/mol. The molecule has 1 saturated heterocycles. The van der Waals surface area contributed by atoms with E-state index in [1.54, 1.807) is 24.4 Å². The first kappa shape index (κ1) is 22.4. The summed E-state index contributed by atoms with van der Waals surface area (Å²) in [4.78, 5) is 7.44. The second kappa shape index (κ2) is 8.99. The molecule has 1 aliphatic heterocycles. The lowest BCUT2D eigenvalue weighted by atomic mass is 10.2. The molecule has 0 radical (unpaired) electrons. The second-order valence-electron chi connectivity index (χ2n) is 7.41. The minimum atomic E-state index is -3.83. The molecular formula is C21H20BrClFN3O3S. The van der Waals surface area contributed by atoms with E-state index in [0.29, 0.717) is 52.9 Å². The van der Waals surface area contributed by atoms with Crippen LogP contribution in [-0.4, -0.2) is 47.0 Å². The molecule has 1 atom stereocenters. The van der Waals surface area contributed by atoms with Crippen LogP contribution >= 0.6 is 27.5 Å². The first-order chi connectivity index (χ1) is 14.8. The van der Waals surface area contributed by atoms with Gasteiger partial charge in [0.25, 0.3) is 0 Å². The molecule has 1 aliphatic rings. The third-order valence-electron chi connectivity index (χ3n) is 5.29. The predicted molar refractivity (Wildman–Crippen MR) is 121 cm³/mol. The number of hydrogen-bond donors (Lipinski definition) is 2. The highest BCUT2D eigenvalue weighted by Crippen LogP contribution is 2.31. The molecule has 0 amide bonds. The number of rotatable bonds is 4. The van der Waals surface area contributed by atoms with Crippen LogP contribution in [0, 0.1) is 5.82 Å². The third kappa shape index (κ3) is 4.70. The van der Waals surface area contributed by atoms with Gasteiger partial charge >= 0.3 is 0 Å². The van der Waals surface area contributed by atoms with E-state index in [1.807, 2.05) is 0 Å². The summed E-state index contributed by atoms with van der Waals surface area (Å²) in [5, 5.41) is 9.95. The van der Waals surface area contributed by atoms with Gasteiger partial charge in [0.1, 0.15) is 16.5 Å². The van der Waals surface area contributed by atoms with E-state index in [9.17, 15) is 17.9 Å². The van der Waals surface area contributed by atoms with E-state index in [2.05, 4.69) is 25.9 Å². The average Bonchev–Trinajstić information content (AvgIpc) is 3.12. The van der Waals surface area contributed by atoms with Crippen molar-refractivity contribution in [1.29, 1.82) is 0 Å². The van der Waals surface area contributed by atoms with Crippen LogP contribution in [-0.2, 0) is 10.0 Å². The van der Waals surface area contributed by atoms with E-state index in [-0.39, 0.29) is 16.5 Å². The number of aliphatic hydroxyl groups excluding tert-OH is 1. The van der Waals surface area contributed by atoms with Crippen molar-refractivity contribution in [2.45, 2.75) is 30.3 Å². The van der Waals surface area contributed by atoms with Gasteiger partial charge in [0, 0.05) is 24.2 Å². The van der Waals surface area contributed by atoms with Crippen molar-refractivity contribution in [3.8, 4) is 22.6 Å². The Labute approximate surface area is 193 Å².